The van der Waals surface area contributed by atoms with Crippen molar-refractivity contribution < 1.29 is 4.79 Å². The van der Waals surface area contributed by atoms with Crippen molar-refractivity contribution in [2.75, 3.05) is 19.6 Å². The number of aromatic nitrogens is 1. The molecule has 2 saturated heterocycles. The Bertz CT molecular complexity index is 445. The highest BCUT2D eigenvalue weighted by Gasteiger charge is 2.44. The summed E-state index contributed by atoms with van der Waals surface area (Å²) < 4.78 is 0. The van der Waals surface area contributed by atoms with Crippen molar-refractivity contribution in [3.05, 3.63) is 16.1 Å². The van der Waals surface area contributed by atoms with Gasteiger partial charge in [-0.15, -0.1) is 11.3 Å². The van der Waals surface area contributed by atoms with E-state index in [4.69, 9.17) is 0 Å². The number of nitrogens with zero attached hydrogens (tertiary/aromatic N) is 2. The number of rotatable bonds is 1. The van der Waals surface area contributed by atoms with Crippen molar-refractivity contribution in [2.45, 2.75) is 19.9 Å². The van der Waals surface area contributed by atoms with Gasteiger partial charge < -0.3 is 10.2 Å². The molecule has 0 spiro atoms. The van der Waals surface area contributed by atoms with Gasteiger partial charge in [0, 0.05) is 25.7 Å². The molecule has 1 aromatic heterocycles. The number of hydrogen-bond donors (Lipinski definition) is 1. The molecule has 0 radical (unpaired) electrons. The Kier molecular flexibility index (Phi) is 2.67. The second-order valence-corrected chi connectivity index (χ2v) is 5.90. The third-order valence-electron chi connectivity index (χ3n) is 4.14. The molecule has 4 nitrogen and oxygen atoms in total. The summed E-state index contributed by atoms with van der Waals surface area (Å²) in [4.78, 5) is 19.5. The predicted molar refractivity (Wildman–Crippen MR) is 67.2 cm³/mol. The Morgan fingerprint density at radius 3 is 3.06 bits per heavy atom. The first-order chi connectivity index (χ1) is 8.18. The maximum absolute atomic E-state index is 12.4. The van der Waals surface area contributed by atoms with E-state index in [1.54, 1.807) is 5.51 Å². The summed E-state index contributed by atoms with van der Waals surface area (Å²) >= 11 is 1.46. The summed E-state index contributed by atoms with van der Waals surface area (Å²) in [6.45, 7) is 7.09. The minimum atomic E-state index is 0.173. The predicted octanol–water partition coefficient (Wildman–Crippen LogP) is 1.13. The van der Waals surface area contributed by atoms with Crippen LogP contribution < -0.4 is 5.32 Å². The molecule has 3 heterocycles. The van der Waals surface area contributed by atoms with Gasteiger partial charge in [0.15, 0.2) is 0 Å². The maximum atomic E-state index is 12.4. The lowest BCUT2D eigenvalue weighted by Gasteiger charge is -2.24. The second kappa shape index (κ2) is 4.07. The van der Waals surface area contributed by atoms with Crippen molar-refractivity contribution in [1.82, 2.24) is 15.2 Å². The molecule has 3 unspecified atom stereocenters. The molecule has 3 atom stereocenters. The van der Waals surface area contributed by atoms with Crippen LogP contribution in [0.1, 0.15) is 22.3 Å². The summed E-state index contributed by atoms with van der Waals surface area (Å²) in [5, 5.41) is 3.41. The number of thiazole rings is 1. The normalized spacial score (nSPS) is 31.9. The van der Waals surface area contributed by atoms with Crippen LogP contribution in [0.25, 0.3) is 0 Å². The van der Waals surface area contributed by atoms with Gasteiger partial charge in [-0.1, -0.05) is 0 Å². The number of nitrogens with one attached hydrogen (secondary N) is 1. The van der Waals surface area contributed by atoms with Crippen LogP contribution in [0.3, 0.4) is 0 Å². The van der Waals surface area contributed by atoms with Crippen molar-refractivity contribution >= 4 is 17.2 Å². The summed E-state index contributed by atoms with van der Waals surface area (Å²) in [6, 6.07) is 0.351. The molecule has 3 rings (SSSR count). The van der Waals surface area contributed by atoms with Crippen LogP contribution in [-0.2, 0) is 0 Å². The average molecular weight is 251 g/mol. The maximum Gasteiger partial charge on any atom is 0.266 e. The Morgan fingerprint density at radius 1 is 1.59 bits per heavy atom. The molecule has 17 heavy (non-hydrogen) atoms. The minimum Gasteiger partial charge on any atom is -0.335 e. The number of carbonyl (C=O) groups excluding carboxylic acids is 1. The molecule has 2 aliphatic rings. The molecule has 1 aromatic rings. The van der Waals surface area contributed by atoms with Crippen molar-refractivity contribution in [3.63, 3.8) is 0 Å². The third-order valence-corrected chi connectivity index (χ3v) is 5.05. The van der Waals surface area contributed by atoms with E-state index in [0.29, 0.717) is 17.9 Å². The van der Waals surface area contributed by atoms with Gasteiger partial charge >= 0.3 is 0 Å². The first kappa shape index (κ1) is 11.2. The van der Waals surface area contributed by atoms with E-state index in [0.717, 1.165) is 30.2 Å². The highest BCUT2D eigenvalue weighted by molar-refractivity contribution is 7.11. The van der Waals surface area contributed by atoms with Crippen LogP contribution in [0.4, 0.5) is 0 Å². The first-order valence-corrected chi connectivity index (χ1v) is 6.98. The summed E-state index contributed by atoms with van der Waals surface area (Å²) in [6.07, 6.45) is 0. The molecule has 0 bridgehead atoms. The molecule has 5 heteroatoms. The van der Waals surface area contributed by atoms with Gasteiger partial charge in [-0.2, -0.15) is 0 Å². The van der Waals surface area contributed by atoms with Gasteiger partial charge in [0.1, 0.15) is 4.88 Å². The molecular weight excluding hydrogens is 234 g/mol. The molecular formula is C12H17N3OS. The standard InChI is InChI=1S/C12H17N3OS/c1-7-11(17-6-14-7)12(16)15-5-9-3-13-4-10(9)8(15)2/h6,8-10,13H,3-5H2,1-2H3. The average Bonchev–Trinajstić information content (AvgIpc) is 2.96. The highest BCUT2D eigenvalue weighted by Crippen LogP contribution is 2.33. The van der Waals surface area contributed by atoms with E-state index < -0.39 is 0 Å². The molecule has 1 N–H and O–H groups in total. The number of aryl methyl sites for hydroxylation is 1. The van der Waals surface area contributed by atoms with Crippen LogP contribution in [0.15, 0.2) is 5.51 Å². The Morgan fingerprint density at radius 2 is 2.41 bits per heavy atom. The zero-order valence-electron chi connectivity index (χ0n) is 10.1. The van der Waals surface area contributed by atoms with Crippen LogP contribution >= 0.6 is 11.3 Å². The topological polar surface area (TPSA) is 45.2 Å². The fraction of sp³-hybridized carbons (Fsp3) is 0.667. The van der Waals surface area contributed by atoms with Crippen LogP contribution in [0, 0.1) is 18.8 Å². The van der Waals surface area contributed by atoms with Gasteiger partial charge in [0.25, 0.3) is 5.91 Å². The Balaban J connectivity index is 1.82. The van der Waals surface area contributed by atoms with Crippen LogP contribution in [-0.4, -0.2) is 41.5 Å². The van der Waals surface area contributed by atoms with Gasteiger partial charge in [-0.3, -0.25) is 4.79 Å². The smallest absolute Gasteiger partial charge is 0.266 e. The molecule has 2 aliphatic heterocycles. The highest BCUT2D eigenvalue weighted by atomic mass is 32.1. The number of fused-ring (bicyclic) bond motifs is 1. The SMILES string of the molecule is Cc1ncsc1C(=O)N1CC2CNCC2C1C. The van der Waals surface area contributed by atoms with Gasteiger partial charge in [-0.05, 0) is 25.7 Å². The lowest BCUT2D eigenvalue weighted by Crippen LogP contribution is -2.38. The fourth-order valence-corrected chi connectivity index (χ4v) is 3.83. The van der Waals surface area contributed by atoms with E-state index in [-0.39, 0.29) is 5.91 Å². The van der Waals surface area contributed by atoms with E-state index in [1.165, 1.54) is 11.3 Å². The lowest BCUT2D eigenvalue weighted by atomic mass is 9.95. The van der Waals surface area contributed by atoms with Crippen molar-refractivity contribution in [3.8, 4) is 0 Å². The zero-order chi connectivity index (χ0) is 12.0. The number of amides is 1. The van der Waals surface area contributed by atoms with E-state index in [9.17, 15) is 4.79 Å². The first-order valence-electron chi connectivity index (χ1n) is 6.10. The molecule has 0 aromatic carbocycles. The largest absolute Gasteiger partial charge is 0.335 e. The second-order valence-electron chi connectivity index (χ2n) is 5.05. The number of hydrogen-bond acceptors (Lipinski definition) is 4. The lowest BCUT2D eigenvalue weighted by molar-refractivity contribution is 0.0732. The minimum absolute atomic E-state index is 0.173. The van der Waals surface area contributed by atoms with Gasteiger partial charge in [0.2, 0.25) is 0 Å². The van der Waals surface area contributed by atoms with E-state index >= 15 is 0 Å². The van der Waals surface area contributed by atoms with Gasteiger partial charge in [0.05, 0.1) is 11.2 Å². The summed E-state index contributed by atoms with van der Waals surface area (Å²) in [5.41, 5.74) is 2.62. The van der Waals surface area contributed by atoms with E-state index in [1.807, 2.05) is 11.8 Å². The zero-order valence-corrected chi connectivity index (χ0v) is 11.0. The summed E-state index contributed by atoms with van der Waals surface area (Å²) in [5.74, 6) is 1.45. The molecule has 0 aliphatic carbocycles. The van der Waals surface area contributed by atoms with Crippen LogP contribution in [0.2, 0.25) is 0 Å². The molecule has 2 fully saturated rings. The van der Waals surface area contributed by atoms with Crippen molar-refractivity contribution in [1.29, 1.82) is 0 Å². The Labute approximate surface area is 105 Å². The fourth-order valence-electron chi connectivity index (χ4n) is 3.07. The number of likely N-dealkylation sites (tertiary alicyclic amines) is 1. The monoisotopic (exact) mass is 251 g/mol. The molecule has 0 saturated carbocycles. The molecule has 92 valence electrons. The number of carbonyl (C=O) groups is 1. The van der Waals surface area contributed by atoms with E-state index in [2.05, 4.69) is 17.2 Å². The molecule has 1 amide bonds. The van der Waals surface area contributed by atoms with Crippen molar-refractivity contribution in [2.24, 2.45) is 11.8 Å². The summed E-state index contributed by atoms with van der Waals surface area (Å²) in [7, 11) is 0. The third kappa shape index (κ3) is 1.68. The van der Waals surface area contributed by atoms with Gasteiger partial charge in [-0.25, -0.2) is 4.98 Å². The van der Waals surface area contributed by atoms with Crippen LogP contribution in [0.5, 0.6) is 0 Å². The quantitative estimate of drug-likeness (QED) is 0.814. The Hall–Kier alpha value is -0.940.